The zero-order chi connectivity index (χ0) is 17.5. The van der Waals surface area contributed by atoms with Crippen molar-refractivity contribution in [2.24, 2.45) is 0 Å². The van der Waals surface area contributed by atoms with E-state index in [-0.39, 0.29) is 24.3 Å². The predicted molar refractivity (Wildman–Crippen MR) is 93.8 cm³/mol. The van der Waals surface area contributed by atoms with Gasteiger partial charge in [-0.2, -0.15) is 0 Å². The molecule has 1 aliphatic rings. The number of nitrogens with one attached hydrogen (secondary N) is 1. The van der Waals surface area contributed by atoms with Crippen LogP contribution in [0.3, 0.4) is 0 Å². The number of benzene rings is 1. The molecule has 0 heterocycles. The molecule has 5 nitrogen and oxygen atoms in total. The number of hydrogen-bond donors (Lipinski definition) is 1. The Hall–Kier alpha value is -2.04. The average molecular weight is 332 g/mol. The molecule has 1 N–H and O–H groups in total. The zero-order valence-corrected chi connectivity index (χ0v) is 14.9. The van der Waals surface area contributed by atoms with Crippen molar-refractivity contribution in [3.8, 4) is 5.75 Å². The molecule has 0 aromatic heterocycles. The van der Waals surface area contributed by atoms with Crippen molar-refractivity contribution in [3.63, 3.8) is 0 Å². The van der Waals surface area contributed by atoms with Gasteiger partial charge in [-0.25, -0.2) is 0 Å². The van der Waals surface area contributed by atoms with Crippen LogP contribution in [0, 0.1) is 0 Å². The summed E-state index contributed by atoms with van der Waals surface area (Å²) in [5, 5.41) is 2.91. The number of rotatable bonds is 7. The number of methoxy groups -OCH3 is 1. The van der Waals surface area contributed by atoms with Crippen molar-refractivity contribution >= 4 is 11.8 Å². The van der Waals surface area contributed by atoms with Crippen LogP contribution < -0.4 is 10.1 Å². The number of carbonyl (C=O) groups is 2. The third kappa shape index (κ3) is 4.73. The van der Waals surface area contributed by atoms with Gasteiger partial charge in [-0.15, -0.1) is 0 Å². The Kier molecular flexibility index (Phi) is 6.64. The summed E-state index contributed by atoms with van der Waals surface area (Å²) in [7, 11) is 1.62. The summed E-state index contributed by atoms with van der Waals surface area (Å²) in [6.45, 7) is 4.23. The van der Waals surface area contributed by atoms with E-state index in [9.17, 15) is 9.59 Å². The fraction of sp³-hybridized carbons (Fsp3) is 0.579. The Bertz CT molecular complexity index is 550. The van der Waals surface area contributed by atoms with Crippen molar-refractivity contribution in [2.45, 2.75) is 58.0 Å². The lowest BCUT2D eigenvalue weighted by atomic mass is 10.0. The minimum Gasteiger partial charge on any atom is -0.497 e. The molecule has 1 atom stereocenters. The first-order valence-electron chi connectivity index (χ1n) is 8.75. The second kappa shape index (κ2) is 8.71. The fourth-order valence-electron chi connectivity index (χ4n) is 3.48. The normalized spacial score (nSPS) is 15.8. The maximum atomic E-state index is 12.8. The molecule has 5 heteroatoms. The lowest BCUT2D eigenvalue weighted by Gasteiger charge is -2.29. The molecule has 0 aliphatic heterocycles. The first-order valence-corrected chi connectivity index (χ1v) is 8.75. The molecular formula is C19H28N2O3. The molecule has 2 amide bonds. The second-order valence-electron chi connectivity index (χ2n) is 6.35. The van der Waals surface area contributed by atoms with Crippen LogP contribution in [0.15, 0.2) is 24.3 Å². The van der Waals surface area contributed by atoms with E-state index in [1.165, 1.54) is 19.8 Å². The van der Waals surface area contributed by atoms with E-state index >= 15 is 0 Å². The van der Waals surface area contributed by atoms with E-state index in [0.717, 1.165) is 30.7 Å². The lowest BCUT2D eigenvalue weighted by Crippen LogP contribution is -2.41. The van der Waals surface area contributed by atoms with Gasteiger partial charge in [0.2, 0.25) is 11.8 Å². The minimum atomic E-state index is -0.309. The first-order chi connectivity index (χ1) is 11.5. The topological polar surface area (TPSA) is 58.6 Å². The molecule has 132 valence electrons. The molecule has 0 radical (unpaired) electrons. The summed E-state index contributed by atoms with van der Waals surface area (Å²) in [5.74, 6) is 0.735. The predicted octanol–water partition coefficient (Wildman–Crippen LogP) is 3.05. The van der Waals surface area contributed by atoms with E-state index in [2.05, 4.69) is 5.32 Å². The van der Waals surface area contributed by atoms with Gasteiger partial charge in [0.1, 0.15) is 5.75 Å². The van der Waals surface area contributed by atoms with Gasteiger partial charge < -0.3 is 15.0 Å². The number of hydrogen-bond acceptors (Lipinski definition) is 3. The quantitative estimate of drug-likeness (QED) is 0.835. The van der Waals surface area contributed by atoms with Crippen molar-refractivity contribution in [2.75, 3.05) is 13.7 Å². The Morgan fingerprint density at radius 2 is 1.88 bits per heavy atom. The van der Waals surface area contributed by atoms with Gasteiger partial charge in [0.15, 0.2) is 0 Å². The standard InChI is InChI=1S/C19H28N2O3/c1-4-21(16-7-5-6-8-16)19(23)13-18(20-14(2)22)15-9-11-17(24-3)12-10-15/h9-12,16,18H,4-8,13H2,1-3H3,(H,20,22). The second-order valence-corrected chi connectivity index (χ2v) is 6.35. The van der Waals surface area contributed by atoms with E-state index in [1.807, 2.05) is 36.1 Å². The largest absolute Gasteiger partial charge is 0.497 e. The Balaban J connectivity index is 2.11. The summed E-state index contributed by atoms with van der Waals surface area (Å²) in [6, 6.07) is 7.55. The van der Waals surface area contributed by atoms with Gasteiger partial charge >= 0.3 is 0 Å². The third-order valence-electron chi connectivity index (χ3n) is 4.70. The maximum absolute atomic E-state index is 12.8. The number of nitrogens with zero attached hydrogens (tertiary/aromatic N) is 1. The monoisotopic (exact) mass is 332 g/mol. The van der Waals surface area contributed by atoms with Gasteiger partial charge in [-0.3, -0.25) is 9.59 Å². The highest BCUT2D eigenvalue weighted by atomic mass is 16.5. The van der Waals surface area contributed by atoms with Crippen LogP contribution in [0.4, 0.5) is 0 Å². The fourth-order valence-corrected chi connectivity index (χ4v) is 3.48. The number of carbonyl (C=O) groups excluding carboxylic acids is 2. The van der Waals surface area contributed by atoms with Crippen molar-refractivity contribution in [1.82, 2.24) is 10.2 Å². The lowest BCUT2D eigenvalue weighted by molar-refractivity contribution is -0.134. The van der Waals surface area contributed by atoms with Crippen LogP contribution in [-0.4, -0.2) is 36.4 Å². The van der Waals surface area contributed by atoms with E-state index < -0.39 is 0 Å². The highest BCUT2D eigenvalue weighted by Crippen LogP contribution is 2.26. The SMILES string of the molecule is CCN(C(=O)CC(NC(C)=O)c1ccc(OC)cc1)C1CCCC1. The van der Waals surface area contributed by atoms with E-state index in [1.54, 1.807) is 7.11 Å². The molecule has 0 saturated heterocycles. The van der Waals surface area contributed by atoms with Crippen LogP contribution in [0.5, 0.6) is 5.75 Å². The number of ether oxygens (including phenoxy) is 1. The molecule has 1 fully saturated rings. The van der Waals surface area contributed by atoms with Crippen LogP contribution >= 0.6 is 0 Å². The van der Waals surface area contributed by atoms with E-state index in [4.69, 9.17) is 4.74 Å². The maximum Gasteiger partial charge on any atom is 0.225 e. The smallest absolute Gasteiger partial charge is 0.225 e. The van der Waals surface area contributed by atoms with Crippen LogP contribution in [0.25, 0.3) is 0 Å². The Morgan fingerprint density at radius 3 is 2.38 bits per heavy atom. The minimum absolute atomic E-state index is 0.110. The van der Waals surface area contributed by atoms with Crippen LogP contribution in [0.2, 0.25) is 0 Å². The Labute approximate surface area is 144 Å². The molecule has 1 aromatic carbocycles. The summed E-state index contributed by atoms with van der Waals surface area (Å²) < 4.78 is 5.17. The van der Waals surface area contributed by atoms with Crippen molar-refractivity contribution in [3.05, 3.63) is 29.8 Å². The Morgan fingerprint density at radius 1 is 1.25 bits per heavy atom. The molecule has 1 aromatic rings. The van der Waals surface area contributed by atoms with Gasteiger partial charge in [0, 0.05) is 19.5 Å². The average Bonchev–Trinajstić information content (AvgIpc) is 3.09. The molecule has 2 rings (SSSR count). The summed E-state index contributed by atoms with van der Waals surface area (Å²) in [6.07, 6.45) is 4.86. The van der Waals surface area contributed by atoms with Gasteiger partial charge in [-0.1, -0.05) is 25.0 Å². The zero-order valence-electron chi connectivity index (χ0n) is 14.9. The number of amides is 2. The highest BCUT2D eigenvalue weighted by Gasteiger charge is 2.27. The summed E-state index contributed by atoms with van der Waals surface area (Å²) in [4.78, 5) is 26.3. The van der Waals surface area contributed by atoms with Gasteiger partial charge in [0.05, 0.1) is 19.6 Å². The molecule has 0 spiro atoms. The molecular weight excluding hydrogens is 304 g/mol. The summed E-state index contributed by atoms with van der Waals surface area (Å²) in [5.41, 5.74) is 0.918. The highest BCUT2D eigenvalue weighted by molar-refractivity contribution is 5.79. The van der Waals surface area contributed by atoms with Crippen LogP contribution in [0.1, 0.15) is 57.6 Å². The van der Waals surface area contributed by atoms with Crippen molar-refractivity contribution < 1.29 is 14.3 Å². The van der Waals surface area contributed by atoms with Crippen molar-refractivity contribution in [1.29, 1.82) is 0 Å². The van der Waals surface area contributed by atoms with Gasteiger partial charge in [-0.05, 0) is 37.5 Å². The van der Waals surface area contributed by atoms with Gasteiger partial charge in [0.25, 0.3) is 0 Å². The first kappa shape index (κ1) is 18.3. The molecule has 1 saturated carbocycles. The molecule has 1 unspecified atom stereocenters. The third-order valence-corrected chi connectivity index (χ3v) is 4.70. The molecule has 24 heavy (non-hydrogen) atoms. The molecule has 0 bridgehead atoms. The molecule has 1 aliphatic carbocycles. The van der Waals surface area contributed by atoms with E-state index in [0.29, 0.717) is 6.04 Å². The summed E-state index contributed by atoms with van der Waals surface area (Å²) >= 11 is 0. The van der Waals surface area contributed by atoms with Crippen LogP contribution in [-0.2, 0) is 9.59 Å².